The third-order valence-electron chi connectivity index (χ3n) is 5.25. The molecule has 0 bridgehead atoms. The molecule has 0 N–H and O–H groups in total. The number of hydrogen-bond donors (Lipinski definition) is 0. The first-order valence-corrected chi connectivity index (χ1v) is 12.6. The minimum absolute atomic E-state index is 0.104. The number of ether oxygens (including phenoxy) is 1. The summed E-state index contributed by atoms with van der Waals surface area (Å²) in [5.41, 5.74) is 1.44. The van der Waals surface area contributed by atoms with E-state index >= 15 is 0 Å². The van der Waals surface area contributed by atoms with Crippen molar-refractivity contribution in [3.63, 3.8) is 0 Å². The molecule has 5 heteroatoms. The Hall–Kier alpha value is -2.21. The molecule has 0 saturated carbocycles. The maximum Gasteiger partial charge on any atom is 0.337 e. The minimum atomic E-state index is -2.63. The molecule has 30 heavy (non-hydrogen) atoms. The summed E-state index contributed by atoms with van der Waals surface area (Å²) in [6.45, 7) is 7.15. The van der Waals surface area contributed by atoms with Gasteiger partial charge in [0.05, 0.1) is 19.3 Å². The Balaban J connectivity index is 2.09. The second-order valence-corrected chi connectivity index (χ2v) is 13.5. The molecule has 0 unspecified atom stereocenters. The van der Waals surface area contributed by atoms with Gasteiger partial charge in [-0.3, -0.25) is 0 Å². The Morgan fingerprint density at radius 1 is 0.900 bits per heavy atom. The molecule has 0 aromatic heterocycles. The van der Waals surface area contributed by atoms with E-state index in [-0.39, 0.29) is 11.0 Å². The van der Waals surface area contributed by atoms with Crippen LogP contribution in [0.1, 0.15) is 36.7 Å². The van der Waals surface area contributed by atoms with E-state index in [0.29, 0.717) is 12.2 Å². The van der Waals surface area contributed by atoms with Gasteiger partial charge in [-0.2, -0.15) is 0 Å². The van der Waals surface area contributed by atoms with Crippen molar-refractivity contribution >= 4 is 40.6 Å². The van der Waals surface area contributed by atoms with Gasteiger partial charge in [0.1, 0.15) is 0 Å². The number of carbonyl (C=O) groups excluding carboxylic acids is 1. The monoisotopic (exact) mass is 482 g/mol. The summed E-state index contributed by atoms with van der Waals surface area (Å²) in [6, 6.07) is 26.6. The maximum absolute atomic E-state index is 12.0. The standard InChI is InChI=1S/C25H27BrO3Si/c1-25(2,3)30(22-11-7-5-8-12-22,23-13-9-6-10-14-23)29-18-19-15-20(24(27)28-4)17-21(26)16-19/h5-17H,18H2,1-4H3. The van der Waals surface area contributed by atoms with Crippen LogP contribution in [0.25, 0.3) is 0 Å². The van der Waals surface area contributed by atoms with Crippen molar-refractivity contribution < 1.29 is 14.0 Å². The largest absolute Gasteiger partial charge is 0.465 e. The average Bonchev–Trinajstić information content (AvgIpc) is 2.74. The van der Waals surface area contributed by atoms with Gasteiger partial charge >= 0.3 is 5.97 Å². The molecule has 156 valence electrons. The normalized spacial score (nSPS) is 11.9. The van der Waals surface area contributed by atoms with Crippen LogP contribution in [0.15, 0.2) is 83.3 Å². The molecule has 3 nitrogen and oxygen atoms in total. The second-order valence-electron chi connectivity index (χ2n) is 8.29. The summed E-state index contributed by atoms with van der Waals surface area (Å²) >= 11 is 3.51. The van der Waals surface area contributed by atoms with E-state index < -0.39 is 8.32 Å². The molecule has 0 saturated heterocycles. The Kier molecular flexibility index (Phi) is 6.96. The van der Waals surface area contributed by atoms with Crippen molar-refractivity contribution in [1.82, 2.24) is 0 Å². The topological polar surface area (TPSA) is 35.5 Å². The number of esters is 1. The van der Waals surface area contributed by atoms with Crippen LogP contribution in [-0.4, -0.2) is 21.4 Å². The predicted octanol–water partition coefficient (Wildman–Crippen LogP) is 5.31. The van der Waals surface area contributed by atoms with Gasteiger partial charge in [0.15, 0.2) is 0 Å². The number of benzene rings is 3. The molecule has 0 amide bonds. The lowest BCUT2D eigenvalue weighted by Gasteiger charge is -2.43. The van der Waals surface area contributed by atoms with Gasteiger partial charge < -0.3 is 9.16 Å². The van der Waals surface area contributed by atoms with Crippen molar-refractivity contribution in [3.05, 3.63) is 94.5 Å². The fourth-order valence-corrected chi connectivity index (χ4v) is 9.00. The van der Waals surface area contributed by atoms with E-state index in [1.54, 1.807) is 6.07 Å². The highest BCUT2D eigenvalue weighted by Gasteiger charge is 2.50. The smallest absolute Gasteiger partial charge is 0.337 e. The molecular weight excluding hydrogens is 456 g/mol. The van der Waals surface area contributed by atoms with Gasteiger partial charge in [-0.25, -0.2) is 4.79 Å². The molecule has 0 fully saturated rings. The van der Waals surface area contributed by atoms with Crippen molar-refractivity contribution in [1.29, 1.82) is 0 Å². The summed E-state index contributed by atoms with van der Waals surface area (Å²) in [7, 11) is -1.24. The number of halogens is 1. The molecular formula is C25H27BrO3Si. The Bertz CT molecular complexity index is 958. The molecule has 3 rings (SSSR count). The average molecular weight is 483 g/mol. The fraction of sp³-hybridized carbons (Fsp3) is 0.240. The summed E-state index contributed by atoms with van der Waals surface area (Å²) in [5, 5.41) is 2.35. The summed E-state index contributed by atoms with van der Waals surface area (Å²) in [6.07, 6.45) is 0. The zero-order valence-corrected chi connectivity index (χ0v) is 20.4. The van der Waals surface area contributed by atoms with E-state index in [9.17, 15) is 4.79 Å². The van der Waals surface area contributed by atoms with E-state index in [1.807, 2.05) is 24.3 Å². The predicted molar refractivity (Wildman–Crippen MR) is 128 cm³/mol. The third kappa shape index (κ3) is 4.58. The van der Waals surface area contributed by atoms with Crippen LogP contribution in [-0.2, 0) is 15.8 Å². The third-order valence-corrected chi connectivity index (χ3v) is 10.7. The highest BCUT2D eigenvalue weighted by molar-refractivity contribution is 9.10. The number of hydrogen-bond acceptors (Lipinski definition) is 3. The molecule has 0 spiro atoms. The SMILES string of the molecule is COC(=O)c1cc(Br)cc(CO[Si](c2ccccc2)(c2ccccc2)C(C)(C)C)c1. The number of methoxy groups -OCH3 is 1. The zero-order valence-electron chi connectivity index (χ0n) is 17.8. The van der Waals surface area contributed by atoms with Crippen LogP contribution in [0.4, 0.5) is 0 Å². The summed E-state index contributed by atoms with van der Waals surface area (Å²) < 4.78 is 12.7. The van der Waals surface area contributed by atoms with E-state index in [4.69, 9.17) is 9.16 Å². The molecule has 0 aliphatic heterocycles. The van der Waals surface area contributed by atoms with Crippen LogP contribution in [0.5, 0.6) is 0 Å². The Labute approximate surface area is 188 Å². The first-order chi connectivity index (χ1) is 14.3. The maximum atomic E-state index is 12.0. The summed E-state index contributed by atoms with van der Waals surface area (Å²) in [5.74, 6) is -0.358. The van der Waals surface area contributed by atoms with Gasteiger partial charge in [0.25, 0.3) is 8.32 Å². The molecule has 0 atom stereocenters. The lowest BCUT2D eigenvalue weighted by Crippen LogP contribution is -2.66. The zero-order chi connectivity index (χ0) is 21.8. The molecule has 0 radical (unpaired) electrons. The van der Waals surface area contributed by atoms with E-state index in [0.717, 1.165) is 10.0 Å². The van der Waals surface area contributed by atoms with Crippen LogP contribution in [0, 0.1) is 0 Å². The van der Waals surface area contributed by atoms with Gasteiger partial charge in [-0.15, -0.1) is 0 Å². The number of rotatable bonds is 6. The molecule has 0 aliphatic carbocycles. The first kappa shape index (κ1) is 22.5. The number of carbonyl (C=O) groups is 1. The van der Waals surface area contributed by atoms with Crippen molar-refractivity contribution in [2.24, 2.45) is 0 Å². The van der Waals surface area contributed by atoms with E-state index in [1.165, 1.54) is 17.5 Å². The lowest BCUT2D eigenvalue weighted by atomic mass is 10.1. The second kappa shape index (κ2) is 9.29. The van der Waals surface area contributed by atoms with Gasteiger partial charge in [0, 0.05) is 4.47 Å². The minimum Gasteiger partial charge on any atom is -0.465 e. The van der Waals surface area contributed by atoms with Crippen LogP contribution >= 0.6 is 15.9 Å². The van der Waals surface area contributed by atoms with Crippen LogP contribution in [0.2, 0.25) is 5.04 Å². The highest BCUT2D eigenvalue weighted by atomic mass is 79.9. The van der Waals surface area contributed by atoms with Gasteiger partial charge in [0.2, 0.25) is 0 Å². The molecule has 0 aliphatic rings. The van der Waals surface area contributed by atoms with Crippen LogP contribution < -0.4 is 10.4 Å². The quantitative estimate of drug-likeness (QED) is 0.352. The highest BCUT2D eigenvalue weighted by Crippen LogP contribution is 2.37. The van der Waals surface area contributed by atoms with Crippen molar-refractivity contribution in [2.75, 3.05) is 7.11 Å². The molecule has 0 heterocycles. The van der Waals surface area contributed by atoms with Gasteiger partial charge in [-0.1, -0.05) is 97.4 Å². The lowest BCUT2D eigenvalue weighted by molar-refractivity contribution is 0.0600. The molecule has 3 aromatic rings. The van der Waals surface area contributed by atoms with E-state index in [2.05, 4.69) is 85.2 Å². The van der Waals surface area contributed by atoms with Crippen molar-refractivity contribution in [2.45, 2.75) is 32.4 Å². The fourth-order valence-electron chi connectivity index (χ4n) is 3.92. The Morgan fingerprint density at radius 2 is 1.43 bits per heavy atom. The first-order valence-electron chi connectivity index (χ1n) is 9.91. The van der Waals surface area contributed by atoms with Crippen molar-refractivity contribution in [3.8, 4) is 0 Å². The molecule has 3 aromatic carbocycles. The summed E-state index contributed by atoms with van der Waals surface area (Å²) in [4.78, 5) is 12.0. The Morgan fingerprint density at radius 3 is 1.90 bits per heavy atom. The van der Waals surface area contributed by atoms with Gasteiger partial charge in [-0.05, 0) is 39.2 Å². The van der Waals surface area contributed by atoms with Crippen LogP contribution in [0.3, 0.4) is 0 Å².